The van der Waals surface area contributed by atoms with E-state index in [1.807, 2.05) is 0 Å². The first-order valence-electron chi connectivity index (χ1n) is 10.9. The molecule has 10 nitrogen and oxygen atoms in total. The van der Waals surface area contributed by atoms with Crippen molar-refractivity contribution in [3.63, 3.8) is 0 Å². The molecule has 0 unspecified atom stereocenters. The van der Waals surface area contributed by atoms with Crippen LogP contribution in [0.4, 0.5) is 0 Å². The molecule has 3 rings (SSSR count). The third-order valence-electron chi connectivity index (χ3n) is 4.98. The molecule has 198 valence electrons. The van der Waals surface area contributed by atoms with Crippen molar-refractivity contribution in [1.82, 2.24) is 10.7 Å². The molecule has 0 aliphatic carbocycles. The number of hydrogen-bond donors (Lipinski definition) is 2. The summed E-state index contributed by atoms with van der Waals surface area (Å²) >= 11 is 9.21. The van der Waals surface area contributed by atoms with Crippen LogP contribution in [-0.2, 0) is 4.79 Å². The number of benzene rings is 3. The van der Waals surface area contributed by atoms with E-state index < -0.39 is 17.8 Å². The quantitative estimate of drug-likeness (QED) is 0.154. The molecule has 0 heterocycles. The Hall–Kier alpha value is -4.09. The van der Waals surface area contributed by atoms with Gasteiger partial charge in [-0.05, 0) is 54.6 Å². The fourth-order valence-electron chi connectivity index (χ4n) is 3.15. The lowest BCUT2D eigenvalue weighted by Gasteiger charge is -2.14. The molecule has 38 heavy (non-hydrogen) atoms. The van der Waals surface area contributed by atoms with Crippen molar-refractivity contribution in [2.24, 2.45) is 5.10 Å². The highest BCUT2D eigenvalue weighted by molar-refractivity contribution is 9.10. The van der Waals surface area contributed by atoms with Gasteiger partial charge in [-0.25, -0.2) is 10.2 Å². The van der Waals surface area contributed by atoms with Crippen molar-refractivity contribution in [2.75, 3.05) is 27.9 Å². The summed E-state index contributed by atoms with van der Waals surface area (Å²) in [5.74, 6) is -0.549. The molecule has 0 aliphatic heterocycles. The van der Waals surface area contributed by atoms with Gasteiger partial charge >= 0.3 is 5.97 Å². The van der Waals surface area contributed by atoms with Crippen molar-refractivity contribution in [3.05, 3.63) is 80.8 Å². The normalized spacial score (nSPS) is 10.6. The fraction of sp³-hybridized carbons (Fsp3) is 0.154. The number of carbonyl (C=O) groups is 3. The minimum atomic E-state index is -0.586. The molecule has 0 fully saturated rings. The molecule has 2 N–H and O–H groups in total. The average molecular weight is 605 g/mol. The predicted octanol–water partition coefficient (Wildman–Crippen LogP) is 4.23. The minimum Gasteiger partial charge on any atom is -0.493 e. The Bertz CT molecular complexity index is 1340. The summed E-state index contributed by atoms with van der Waals surface area (Å²) in [5, 5.41) is 6.89. The number of methoxy groups -OCH3 is 3. The van der Waals surface area contributed by atoms with Gasteiger partial charge < -0.3 is 24.3 Å². The van der Waals surface area contributed by atoms with Crippen LogP contribution in [0.3, 0.4) is 0 Å². The summed E-state index contributed by atoms with van der Waals surface area (Å²) in [6, 6.07) is 14.1. The van der Waals surface area contributed by atoms with Crippen LogP contribution in [0.15, 0.2) is 64.2 Å². The van der Waals surface area contributed by atoms with Gasteiger partial charge in [-0.2, -0.15) is 5.10 Å². The number of nitrogens with one attached hydrogen (secondary N) is 2. The molecule has 12 heteroatoms. The lowest BCUT2D eigenvalue weighted by molar-refractivity contribution is -0.120. The molecule has 0 aromatic heterocycles. The van der Waals surface area contributed by atoms with Crippen molar-refractivity contribution in [2.45, 2.75) is 0 Å². The highest BCUT2D eigenvalue weighted by Gasteiger charge is 2.17. The molecular formula is C26H23BrClN3O7. The third kappa shape index (κ3) is 7.46. The lowest BCUT2D eigenvalue weighted by Crippen LogP contribution is -2.35. The highest BCUT2D eigenvalue weighted by Crippen LogP contribution is 2.38. The Morgan fingerprint density at radius 2 is 1.55 bits per heavy atom. The zero-order valence-corrected chi connectivity index (χ0v) is 22.9. The van der Waals surface area contributed by atoms with Crippen molar-refractivity contribution in [3.8, 4) is 23.0 Å². The number of hydrazone groups is 1. The van der Waals surface area contributed by atoms with Crippen LogP contribution >= 0.6 is 27.5 Å². The Morgan fingerprint density at radius 1 is 0.895 bits per heavy atom. The number of carbonyl (C=O) groups excluding carboxylic acids is 3. The van der Waals surface area contributed by atoms with Gasteiger partial charge in [-0.15, -0.1) is 0 Å². The van der Waals surface area contributed by atoms with E-state index in [9.17, 15) is 14.4 Å². The largest absolute Gasteiger partial charge is 0.493 e. The Kier molecular flexibility index (Phi) is 10.1. The first-order chi connectivity index (χ1) is 18.2. The van der Waals surface area contributed by atoms with E-state index in [1.165, 1.54) is 39.7 Å². The average Bonchev–Trinajstić information content (AvgIpc) is 2.92. The number of nitrogens with zero attached hydrogens (tertiary/aromatic N) is 1. The smallest absolute Gasteiger partial charge is 0.343 e. The number of hydrogen-bond acceptors (Lipinski definition) is 8. The van der Waals surface area contributed by atoms with Crippen LogP contribution < -0.4 is 29.7 Å². The molecule has 0 spiro atoms. The second-order valence-corrected chi connectivity index (χ2v) is 8.82. The molecule has 0 bridgehead atoms. The zero-order valence-electron chi connectivity index (χ0n) is 20.5. The number of ether oxygens (including phenoxy) is 4. The Balaban J connectivity index is 1.61. The molecule has 3 aromatic rings. The number of halogens is 2. The van der Waals surface area contributed by atoms with Gasteiger partial charge in [0.05, 0.1) is 39.7 Å². The maximum atomic E-state index is 12.6. The second kappa shape index (κ2) is 13.5. The minimum absolute atomic E-state index is 0.206. The van der Waals surface area contributed by atoms with Crippen LogP contribution in [0.1, 0.15) is 26.3 Å². The SMILES string of the molecule is COc1cc(C(=O)NCC(=O)NN=Cc2cc(Br)ccc2OC(=O)c2ccc(Cl)cc2)cc(OC)c1OC. The first-order valence-corrected chi connectivity index (χ1v) is 12.1. The van der Waals surface area contributed by atoms with Gasteiger partial charge in [0.25, 0.3) is 11.8 Å². The lowest BCUT2D eigenvalue weighted by atomic mass is 10.1. The summed E-state index contributed by atoms with van der Waals surface area (Å²) in [7, 11) is 4.31. The van der Waals surface area contributed by atoms with E-state index in [2.05, 4.69) is 31.8 Å². The van der Waals surface area contributed by atoms with E-state index in [-0.39, 0.29) is 17.9 Å². The van der Waals surface area contributed by atoms with Gasteiger partial charge in [-0.3, -0.25) is 9.59 Å². The molecular weight excluding hydrogens is 582 g/mol. The molecule has 3 aromatic carbocycles. The monoisotopic (exact) mass is 603 g/mol. The molecule has 0 saturated carbocycles. The van der Waals surface area contributed by atoms with Gasteiger partial charge in [0, 0.05) is 20.6 Å². The highest BCUT2D eigenvalue weighted by atomic mass is 79.9. The van der Waals surface area contributed by atoms with Crippen molar-refractivity contribution < 1.29 is 33.3 Å². The maximum Gasteiger partial charge on any atom is 0.343 e. The van der Waals surface area contributed by atoms with Crippen LogP contribution in [0.25, 0.3) is 0 Å². The zero-order chi connectivity index (χ0) is 27.7. The van der Waals surface area contributed by atoms with Gasteiger partial charge in [0.1, 0.15) is 5.75 Å². The summed E-state index contributed by atoms with van der Waals surface area (Å²) in [6.45, 7) is -0.357. The Morgan fingerprint density at radius 3 is 2.16 bits per heavy atom. The van der Waals surface area contributed by atoms with E-state index in [4.69, 9.17) is 30.5 Å². The number of esters is 1. The van der Waals surface area contributed by atoms with E-state index >= 15 is 0 Å². The summed E-state index contributed by atoms with van der Waals surface area (Å²) in [5.41, 5.74) is 3.26. The predicted molar refractivity (Wildman–Crippen MR) is 145 cm³/mol. The van der Waals surface area contributed by atoms with Crippen molar-refractivity contribution in [1.29, 1.82) is 0 Å². The second-order valence-electron chi connectivity index (χ2n) is 7.47. The van der Waals surface area contributed by atoms with Gasteiger partial charge in [-0.1, -0.05) is 27.5 Å². The summed E-state index contributed by atoms with van der Waals surface area (Å²) in [4.78, 5) is 37.3. The molecule has 2 amide bonds. The number of rotatable bonds is 10. The fourth-order valence-corrected chi connectivity index (χ4v) is 3.65. The first kappa shape index (κ1) is 28.5. The Labute approximate surface area is 232 Å². The third-order valence-corrected chi connectivity index (χ3v) is 5.73. The molecule has 0 radical (unpaired) electrons. The topological polar surface area (TPSA) is 125 Å². The van der Waals surface area contributed by atoms with Crippen LogP contribution in [-0.4, -0.2) is 51.9 Å². The van der Waals surface area contributed by atoms with Crippen LogP contribution in [0.5, 0.6) is 23.0 Å². The van der Waals surface area contributed by atoms with Gasteiger partial charge in [0.2, 0.25) is 5.75 Å². The van der Waals surface area contributed by atoms with Crippen LogP contribution in [0.2, 0.25) is 5.02 Å². The molecule has 0 saturated heterocycles. The van der Waals surface area contributed by atoms with Gasteiger partial charge in [0.15, 0.2) is 11.5 Å². The summed E-state index contributed by atoms with van der Waals surface area (Å²) in [6.07, 6.45) is 1.31. The van der Waals surface area contributed by atoms with E-state index in [0.717, 1.165) is 0 Å². The molecule has 0 aliphatic rings. The van der Waals surface area contributed by atoms with E-state index in [1.54, 1.807) is 42.5 Å². The maximum absolute atomic E-state index is 12.6. The molecule has 0 atom stereocenters. The standard InChI is InChI=1S/C26H23BrClN3O7/c1-35-21-11-16(12-22(36-2)24(21)37-3)25(33)29-14-23(32)31-30-13-17-10-18(27)6-9-20(17)38-26(34)15-4-7-19(28)8-5-15/h4-13H,14H2,1-3H3,(H,29,33)(H,31,32). The van der Waals surface area contributed by atoms with Crippen LogP contribution in [0, 0.1) is 0 Å². The van der Waals surface area contributed by atoms with Crippen molar-refractivity contribution >= 4 is 51.5 Å². The number of amides is 2. The van der Waals surface area contributed by atoms with E-state index in [0.29, 0.717) is 37.9 Å². The summed E-state index contributed by atoms with van der Waals surface area (Å²) < 4.78 is 21.9.